The van der Waals surface area contributed by atoms with Crippen molar-refractivity contribution in [2.45, 2.75) is 13.2 Å². The van der Waals surface area contributed by atoms with Gasteiger partial charge < -0.3 is 9.64 Å². The SMILES string of the molecule is N#Cc1ccccc1-c1ccc(CN(CC(=O)OCc2ccccc2)c2ccccc2)cc1. The number of benzene rings is 4. The molecule has 0 saturated heterocycles. The molecule has 4 heteroatoms. The largest absolute Gasteiger partial charge is 0.459 e. The van der Waals surface area contributed by atoms with Crippen molar-refractivity contribution >= 4 is 11.7 Å². The summed E-state index contributed by atoms with van der Waals surface area (Å²) in [7, 11) is 0. The van der Waals surface area contributed by atoms with E-state index < -0.39 is 0 Å². The summed E-state index contributed by atoms with van der Waals surface area (Å²) in [5.41, 5.74) is 5.53. The Balaban J connectivity index is 1.47. The normalized spacial score (nSPS) is 10.3. The lowest BCUT2D eigenvalue weighted by atomic mass is 9.99. The maximum atomic E-state index is 12.6. The van der Waals surface area contributed by atoms with Gasteiger partial charge in [0, 0.05) is 12.2 Å². The van der Waals surface area contributed by atoms with Crippen LogP contribution in [0, 0.1) is 11.3 Å². The molecule has 4 rings (SSSR count). The Bertz CT molecular complexity index is 1230. The predicted molar refractivity (Wildman–Crippen MR) is 130 cm³/mol. The molecule has 0 amide bonds. The summed E-state index contributed by atoms with van der Waals surface area (Å²) in [6.45, 7) is 0.968. The van der Waals surface area contributed by atoms with Gasteiger partial charge in [-0.3, -0.25) is 4.79 Å². The van der Waals surface area contributed by atoms with E-state index in [4.69, 9.17) is 4.74 Å². The second-order valence-corrected chi connectivity index (χ2v) is 7.69. The van der Waals surface area contributed by atoms with Crippen molar-refractivity contribution in [1.82, 2.24) is 0 Å². The van der Waals surface area contributed by atoms with Crippen molar-refractivity contribution in [3.8, 4) is 17.2 Å². The van der Waals surface area contributed by atoms with Crippen molar-refractivity contribution in [3.05, 3.63) is 126 Å². The van der Waals surface area contributed by atoms with E-state index in [0.29, 0.717) is 12.1 Å². The molecule has 0 atom stereocenters. The average molecular weight is 433 g/mol. The fourth-order valence-corrected chi connectivity index (χ4v) is 3.66. The van der Waals surface area contributed by atoms with E-state index in [1.54, 1.807) is 0 Å². The quantitative estimate of drug-likeness (QED) is 0.322. The minimum absolute atomic E-state index is 0.149. The fraction of sp³-hybridized carbons (Fsp3) is 0.103. The predicted octanol–water partition coefficient (Wildman–Crippen LogP) is 5.98. The van der Waals surface area contributed by atoms with Crippen LogP contribution in [0.2, 0.25) is 0 Å². The van der Waals surface area contributed by atoms with Crippen LogP contribution in [0.5, 0.6) is 0 Å². The van der Waals surface area contributed by atoms with Gasteiger partial charge in [-0.05, 0) is 40.5 Å². The molecule has 0 aliphatic rings. The lowest BCUT2D eigenvalue weighted by molar-refractivity contribution is -0.143. The standard InChI is InChI=1S/C29H24N2O2/c30-19-26-11-7-8-14-28(26)25-17-15-23(16-18-25)20-31(27-12-5-2-6-13-27)21-29(32)33-22-24-9-3-1-4-10-24/h1-18H,20-22H2. The molecule has 0 aliphatic carbocycles. The molecule has 0 spiro atoms. The highest BCUT2D eigenvalue weighted by Gasteiger charge is 2.14. The van der Waals surface area contributed by atoms with Crippen molar-refractivity contribution in [2.75, 3.05) is 11.4 Å². The number of esters is 1. The third kappa shape index (κ3) is 5.87. The summed E-state index contributed by atoms with van der Waals surface area (Å²) in [6, 6.07) is 37.4. The molecular weight excluding hydrogens is 408 g/mol. The second kappa shape index (κ2) is 10.8. The van der Waals surface area contributed by atoms with E-state index in [9.17, 15) is 10.1 Å². The van der Waals surface area contributed by atoms with Crippen molar-refractivity contribution in [3.63, 3.8) is 0 Å². The summed E-state index contributed by atoms with van der Waals surface area (Å²) in [5, 5.41) is 9.38. The molecule has 0 N–H and O–H groups in total. The first-order chi connectivity index (χ1) is 16.2. The summed E-state index contributed by atoms with van der Waals surface area (Å²) in [4.78, 5) is 14.6. The zero-order chi connectivity index (χ0) is 22.9. The Morgan fingerprint density at radius 1 is 0.758 bits per heavy atom. The van der Waals surface area contributed by atoms with E-state index in [2.05, 4.69) is 6.07 Å². The summed E-state index contributed by atoms with van der Waals surface area (Å²) in [6.07, 6.45) is 0. The molecule has 0 saturated carbocycles. The van der Waals surface area contributed by atoms with Crippen LogP contribution in [-0.2, 0) is 22.7 Å². The molecule has 4 nitrogen and oxygen atoms in total. The van der Waals surface area contributed by atoms with E-state index in [1.165, 1.54) is 0 Å². The van der Waals surface area contributed by atoms with Gasteiger partial charge >= 0.3 is 5.97 Å². The molecule has 0 unspecified atom stereocenters. The number of anilines is 1. The summed E-state index contributed by atoms with van der Waals surface area (Å²) >= 11 is 0. The van der Waals surface area contributed by atoms with Crippen LogP contribution in [0.25, 0.3) is 11.1 Å². The smallest absolute Gasteiger partial charge is 0.325 e. The number of carbonyl (C=O) groups excluding carboxylic acids is 1. The lowest BCUT2D eigenvalue weighted by Crippen LogP contribution is -2.30. The fourth-order valence-electron chi connectivity index (χ4n) is 3.66. The highest BCUT2D eigenvalue weighted by Crippen LogP contribution is 2.24. The number of carbonyl (C=O) groups is 1. The lowest BCUT2D eigenvalue weighted by Gasteiger charge is -2.24. The number of para-hydroxylation sites is 1. The van der Waals surface area contributed by atoms with Crippen LogP contribution in [-0.4, -0.2) is 12.5 Å². The minimum atomic E-state index is -0.276. The topological polar surface area (TPSA) is 53.3 Å². The molecule has 0 fully saturated rings. The number of nitrogens with zero attached hydrogens (tertiary/aromatic N) is 2. The third-order valence-electron chi connectivity index (χ3n) is 5.37. The number of rotatable bonds is 8. The van der Waals surface area contributed by atoms with Crippen LogP contribution >= 0.6 is 0 Å². The van der Waals surface area contributed by atoms with Gasteiger partial charge in [0.1, 0.15) is 13.2 Å². The molecule has 162 valence electrons. The van der Waals surface area contributed by atoms with Crippen LogP contribution < -0.4 is 4.90 Å². The van der Waals surface area contributed by atoms with Crippen molar-refractivity contribution in [2.24, 2.45) is 0 Å². The third-order valence-corrected chi connectivity index (χ3v) is 5.37. The first kappa shape index (κ1) is 21.9. The molecule has 0 heterocycles. The number of hydrogen-bond donors (Lipinski definition) is 0. The van der Waals surface area contributed by atoms with E-state index in [0.717, 1.165) is 27.9 Å². The van der Waals surface area contributed by atoms with E-state index >= 15 is 0 Å². The maximum Gasteiger partial charge on any atom is 0.325 e. The molecule has 4 aromatic carbocycles. The van der Waals surface area contributed by atoms with Gasteiger partial charge in [0.05, 0.1) is 11.6 Å². The molecule has 0 aromatic heterocycles. The van der Waals surface area contributed by atoms with Gasteiger partial charge in [0.25, 0.3) is 0 Å². The molecule has 4 aromatic rings. The Morgan fingerprint density at radius 2 is 1.39 bits per heavy atom. The number of hydrogen-bond acceptors (Lipinski definition) is 4. The molecular formula is C29H24N2O2. The van der Waals surface area contributed by atoms with Gasteiger partial charge in [-0.15, -0.1) is 0 Å². The Kier molecular flexibility index (Phi) is 7.15. The van der Waals surface area contributed by atoms with Crippen molar-refractivity contribution < 1.29 is 9.53 Å². The zero-order valence-electron chi connectivity index (χ0n) is 18.2. The highest BCUT2D eigenvalue weighted by atomic mass is 16.5. The number of ether oxygens (including phenoxy) is 1. The average Bonchev–Trinajstić information content (AvgIpc) is 2.88. The van der Waals surface area contributed by atoms with Crippen LogP contribution in [0.1, 0.15) is 16.7 Å². The van der Waals surface area contributed by atoms with Gasteiger partial charge in [0.15, 0.2) is 0 Å². The van der Waals surface area contributed by atoms with Gasteiger partial charge in [0.2, 0.25) is 0 Å². The Labute approximate surface area is 194 Å². The van der Waals surface area contributed by atoms with Gasteiger partial charge in [-0.25, -0.2) is 0 Å². The van der Waals surface area contributed by atoms with Gasteiger partial charge in [-0.1, -0.05) is 91.0 Å². The number of nitriles is 1. The summed E-state index contributed by atoms with van der Waals surface area (Å²) in [5.74, 6) is -0.276. The molecule has 0 radical (unpaired) electrons. The molecule has 33 heavy (non-hydrogen) atoms. The molecule has 0 bridgehead atoms. The summed E-state index contributed by atoms with van der Waals surface area (Å²) < 4.78 is 5.51. The van der Waals surface area contributed by atoms with Crippen molar-refractivity contribution in [1.29, 1.82) is 5.26 Å². The maximum absolute atomic E-state index is 12.6. The first-order valence-electron chi connectivity index (χ1n) is 10.8. The Hall–Kier alpha value is -4.36. The van der Waals surface area contributed by atoms with Crippen LogP contribution in [0.4, 0.5) is 5.69 Å². The van der Waals surface area contributed by atoms with E-state index in [-0.39, 0.29) is 19.1 Å². The molecule has 0 aliphatic heterocycles. The van der Waals surface area contributed by atoms with Gasteiger partial charge in [-0.2, -0.15) is 5.26 Å². The monoisotopic (exact) mass is 432 g/mol. The van der Waals surface area contributed by atoms with E-state index in [1.807, 2.05) is 114 Å². The highest BCUT2D eigenvalue weighted by molar-refractivity contribution is 5.76. The second-order valence-electron chi connectivity index (χ2n) is 7.69. The minimum Gasteiger partial charge on any atom is -0.459 e. The first-order valence-corrected chi connectivity index (χ1v) is 10.8. The van der Waals surface area contributed by atoms with Crippen LogP contribution in [0.15, 0.2) is 109 Å². The van der Waals surface area contributed by atoms with Crippen LogP contribution in [0.3, 0.4) is 0 Å². The zero-order valence-corrected chi connectivity index (χ0v) is 18.2. The Morgan fingerprint density at radius 3 is 2.09 bits per heavy atom.